The molecule has 0 aliphatic heterocycles. The number of amides is 1. The van der Waals surface area contributed by atoms with Crippen molar-refractivity contribution in [2.24, 2.45) is 4.99 Å². The molecule has 1 amide bonds. The zero-order chi connectivity index (χ0) is 19.4. The molecule has 6 nitrogen and oxygen atoms in total. The van der Waals surface area contributed by atoms with Gasteiger partial charge in [0.25, 0.3) is 5.91 Å². The topological polar surface area (TPSA) is 69.9 Å². The Morgan fingerprint density at radius 3 is 2.67 bits per heavy atom. The van der Waals surface area contributed by atoms with Gasteiger partial charge >= 0.3 is 5.97 Å². The van der Waals surface area contributed by atoms with Gasteiger partial charge in [0.15, 0.2) is 4.80 Å². The lowest BCUT2D eigenvalue weighted by atomic mass is 10.2. The molecule has 2 aromatic carbocycles. The lowest BCUT2D eigenvalue weighted by Crippen LogP contribution is -2.19. The van der Waals surface area contributed by atoms with Crippen LogP contribution in [0.4, 0.5) is 0 Å². The summed E-state index contributed by atoms with van der Waals surface area (Å²) >= 11 is 4.73. The first kappa shape index (κ1) is 19.5. The molecule has 0 spiro atoms. The van der Waals surface area contributed by atoms with Crippen molar-refractivity contribution in [3.05, 3.63) is 62.9 Å². The Bertz CT molecular complexity index is 1070. The van der Waals surface area contributed by atoms with Crippen LogP contribution < -0.4 is 4.80 Å². The van der Waals surface area contributed by atoms with E-state index in [1.807, 2.05) is 16.7 Å². The summed E-state index contributed by atoms with van der Waals surface area (Å²) in [5.74, 6) is -0.745. The second-order valence-electron chi connectivity index (χ2n) is 5.60. The zero-order valence-corrected chi connectivity index (χ0v) is 17.2. The number of esters is 1. The summed E-state index contributed by atoms with van der Waals surface area (Å²) in [6.07, 6.45) is 0. The van der Waals surface area contributed by atoms with Crippen molar-refractivity contribution in [1.82, 2.24) is 4.57 Å². The normalized spacial score (nSPS) is 11.7. The average Bonchev–Trinajstić information content (AvgIpc) is 3.01. The van der Waals surface area contributed by atoms with Crippen molar-refractivity contribution >= 4 is 49.4 Å². The van der Waals surface area contributed by atoms with Crippen LogP contribution in [-0.4, -0.2) is 37.3 Å². The minimum atomic E-state index is -0.406. The third-order valence-electron chi connectivity index (χ3n) is 3.92. The number of hydrogen-bond donors (Lipinski definition) is 0. The van der Waals surface area contributed by atoms with Crippen LogP contribution in [0.25, 0.3) is 10.2 Å². The van der Waals surface area contributed by atoms with Gasteiger partial charge in [0, 0.05) is 18.1 Å². The summed E-state index contributed by atoms with van der Waals surface area (Å²) in [5, 5.41) is 0. The van der Waals surface area contributed by atoms with Crippen molar-refractivity contribution < 1.29 is 19.1 Å². The van der Waals surface area contributed by atoms with Crippen molar-refractivity contribution in [2.45, 2.75) is 6.54 Å². The Morgan fingerprint density at radius 2 is 1.96 bits per heavy atom. The van der Waals surface area contributed by atoms with Crippen molar-refractivity contribution in [3.63, 3.8) is 0 Å². The summed E-state index contributed by atoms with van der Waals surface area (Å²) in [6, 6.07) is 12.4. The minimum Gasteiger partial charge on any atom is -0.465 e. The van der Waals surface area contributed by atoms with E-state index in [0.717, 1.165) is 10.2 Å². The van der Waals surface area contributed by atoms with Crippen LogP contribution in [0.5, 0.6) is 0 Å². The molecule has 3 rings (SSSR count). The van der Waals surface area contributed by atoms with E-state index >= 15 is 0 Å². The van der Waals surface area contributed by atoms with Gasteiger partial charge in [-0.25, -0.2) is 4.79 Å². The first-order valence-corrected chi connectivity index (χ1v) is 9.70. The van der Waals surface area contributed by atoms with Gasteiger partial charge < -0.3 is 14.0 Å². The largest absolute Gasteiger partial charge is 0.465 e. The fourth-order valence-corrected chi connectivity index (χ4v) is 4.13. The first-order chi connectivity index (χ1) is 13.0. The molecule has 0 saturated heterocycles. The Morgan fingerprint density at radius 1 is 1.19 bits per heavy atom. The molecule has 27 heavy (non-hydrogen) atoms. The Kier molecular flexibility index (Phi) is 6.20. The number of nitrogens with zero attached hydrogens (tertiary/aromatic N) is 2. The number of ether oxygens (including phenoxy) is 2. The Labute approximate surface area is 168 Å². The summed E-state index contributed by atoms with van der Waals surface area (Å²) in [4.78, 5) is 29.3. The highest BCUT2D eigenvalue weighted by molar-refractivity contribution is 9.10. The predicted molar refractivity (Wildman–Crippen MR) is 107 cm³/mol. The van der Waals surface area contributed by atoms with E-state index in [4.69, 9.17) is 9.47 Å². The van der Waals surface area contributed by atoms with Gasteiger partial charge in [-0.15, -0.1) is 0 Å². The van der Waals surface area contributed by atoms with Gasteiger partial charge in [-0.05, 0) is 46.3 Å². The predicted octanol–water partition coefficient (Wildman–Crippen LogP) is 3.64. The van der Waals surface area contributed by atoms with Gasteiger partial charge in [-0.1, -0.05) is 23.5 Å². The van der Waals surface area contributed by atoms with Crippen LogP contribution >= 0.6 is 27.3 Å². The van der Waals surface area contributed by atoms with E-state index < -0.39 is 5.97 Å². The third kappa shape index (κ3) is 4.18. The van der Waals surface area contributed by atoms with Gasteiger partial charge in [-0.3, -0.25) is 4.79 Å². The van der Waals surface area contributed by atoms with Crippen LogP contribution in [0, 0.1) is 0 Å². The highest BCUT2D eigenvalue weighted by Crippen LogP contribution is 2.21. The van der Waals surface area contributed by atoms with Crippen LogP contribution in [0.15, 0.2) is 51.9 Å². The molecule has 0 bridgehead atoms. The molecule has 3 aromatic rings. The van der Waals surface area contributed by atoms with E-state index in [2.05, 4.69) is 20.9 Å². The number of hydrogen-bond acceptors (Lipinski definition) is 5. The molecule has 0 aliphatic carbocycles. The third-order valence-corrected chi connectivity index (χ3v) is 5.66. The molecule has 1 aromatic heterocycles. The first-order valence-electron chi connectivity index (χ1n) is 8.09. The molecule has 0 saturated carbocycles. The van der Waals surface area contributed by atoms with Crippen LogP contribution in [0.3, 0.4) is 0 Å². The van der Waals surface area contributed by atoms with Gasteiger partial charge in [0.2, 0.25) is 0 Å². The lowest BCUT2D eigenvalue weighted by Gasteiger charge is -2.05. The second-order valence-corrected chi connectivity index (χ2v) is 7.46. The van der Waals surface area contributed by atoms with Crippen molar-refractivity contribution in [2.75, 3.05) is 20.8 Å². The highest BCUT2D eigenvalue weighted by atomic mass is 79.9. The number of thiazole rings is 1. The molecule has 140 valence electrons. The van der Waals surface area contributed by atoms with Gasteiger partial charge in [0.1, 0.15) is 0 Å². The smallest absolute Gasteiger partial charge is 0.337 e. The number of carbonyl (C=O) groups is 2. The standard InChI is InChI=1S/C19H17BrN2O4S/c1-25-10-9-22-15-8-7-12(18(24)26-2)11-16(15)27-19(22)21-17(23)13-5-3-4-6-14(13)20/h3-8,11H,9-10H2,1-2H3. The fourth-order valence-electron chi connectivity index (χ4n) is 2.58. The van der Waals surface area contributed by atoms with Crippen molar-refractivity contribution in [3.8, 4) is 0 Å². The Balaban J connectivity index is 2.13. The highest BCUT2D eigenvalue weighted by Gasteiger charge is 2.13. The molecular formula is C19H17BrN2O4S. The summed E-state index contributed by atoms with van der Waals surface area (Å²) in [7, 11) is 2.96. The molecule has 0 aliphatic rings. The Hall–Kier alpha value is -2.29. The summed E-state index contributed by atoms with van der Waals surface area (Å²) < 4.78 is 13.4. The minimum absolute atomic E-state index is 0.339. The van der Waals surface area contributed by atoms with Gasteiger partial charge in [-0.2, -0.15) is 4.99 Å². The molecule has 0 unspecified atom stereocenters. The molecule has 0 fully saturated rings. The van der Waals surface area contributed by atoms with Crippen LogP contribution in [0.2, 0.25) is 0 Å². The molecule has 1 heterocycles. The molecule has 0 N–H and O–H groups in total. The van der Waals surface area contributed by atoms with Crippen LogP contribution in [-0.2, 0) is 16.0 Å². The average molecular weight is 449 g/mol. The van der Waals surface area contributed by atoms with E-state index in [1.165, 1.54) is 18.4 Å². The van der Waals surface area contributed by atoms with Crippen LogP contribution in [0.1, 0.15) is 20.7 Å². The number of carbonyl (C=O) groups excluding carboxylic acids is 2. The van der Waals surface area contributed by atoms with E-state index in [0.29, 0.717) is 33.6 Å². The number of benzene rings is 2. The maximum atomic E-state index is 12.7. The second kappa shape index (κ2) is 8.60. The van der Waals surface area contributed by atoms with E-state index in [9.17, 15) is 9.59 Å². The SMILES string of the molecule is COCCn1c(=NC(=O)c2ccccc2Br)sc2cc(C(=O)OC)ccc21. The number of halogens is 1. The molecule has 0 atom stereocenters. The number of methoxy groups -OCH3 is 2. The summed E-state index contributed by atoms with van der Waals surface area (Å²) in [6.45, 7) is 1.01. The lowest BCUT2D eigenvalue weighted by molar-refractivity contribution is 0.0601. The van der Waals surface area contributed by atoms with E-state index in [1.54, 1.807) is 37.4 Å². The molecular weight excluding hydrogens is 432 g/mol. The quantitative estimate of drug-likeness (QED) is 0.558. The number of rotatable bonds is 5. The molecule has 8 heteroatoms. The maximum absolute atomic E-state index is 12.7. The fraction of sp³-hybridized carbons (Fsp3) is 0.211. The van der Waals surface area contributed by atoms with Gasteiger partial charge in [0.05, 0.1) is 35.1 Å². The summed E-state index contributed by atoms with van der Waals surface area (Å²) in [5.41, 5.74) is 1.82. The number of aromatic nitrogens is 1. The number of fused-ring (bicyclic) bond motifs is 1. The van der Waals surface area contributed by atoms with Crippen molar-refractivity contribution in [1.29, 1.82) is 0 Å². The monoisotopic (exact) mass is 448 g/mol. The molecule has 0 radical (unpaired) electrons. The van der Waals surface area contributed by atoms with E-state index in [-0.39, 0.29) is 5.91 Å². The zero-order valence-electron chi connectivity index (χ0n) is 14.8. The maximum Gasteiger partial charge on any atom is 0.337 e.